The number of aryl methyl sites for hydroxylation is 1. The molecular weight excluding hydrogens is 124 g/mol. The molecule has 2 nitrogen and oxygen atoms in total. The van der Waals surface area contributed by atoms with Gasteiger partial charge in [0.25, 0.3) is 0 Å². The molecule has 1 aromatic rings. The maximum absolute atomic E-state index is 7.32. The van der Waals surface area contributed by atoms with Crippen molar-refractivity contribution < 1.29 is 0 Å². The molecule has 0 spiro atoms. The summed E-state index contributed by atoms with van der Waals surface area (Å²) in [5.41, 5.74) is 1.21. The highest BCUT2D eigenvalue weighted by atomic mass is 14.6. The Kier molecular flexibility index (Phi) is 4.99. The average Bonchev–Trinajstić information content (AvgIpc) is 1.91. The van der Waals surface area contributed by atoms with Crippen molar-refractivity contribution in [1.82, 2.24) is 4.98 Å². The summed E-state index contributed by atoms with van der Waals surface area (Å²) in [5, 5.41) is 7.32. The number of nitriles is 1. The minimum atomic E-state index is 1.21. The van der Waals surface area contributed by atoms with Gasteiger partial charge in [0.15, 0.2) is 0 Å². The Morgan fingerprint density at radius 2 is 2.20 bits per heavy atom. The zero-order valence-electron chi connectivity index (χ0n) is 6.20. The van der Waals surface area contributed by atoms with E-state index in [0.717, 1.165) is 0 Å². The smallest absolute Gasteiger partial charge is 0.0587 e. The van der Waals surface area contributed by atoms with Gasteiger partial charge in [-0.1, -0.05) is 6.07 Å². The quantitative estimate of drug-likeness (QED) is 0.543. The number of hydrogen-bond donors (Lipinski definition) is 0. The second-order valence-electron chi connectivity index (χ2n) is 1.75. The van der Waals surface area contributed by atoms with E-state index in [1.54, 1.807) is 12.3 Å². The largest absolute Gasteiger partial charge is 0.264 e. The molecule has 52 valence electrons. The molecule has 0 aromatic carbocycles. The van der Waals surface area contributed by atoms with Gasteiger partial charge in [0, 0.05) is 19.3 Å². The molecule has 1 aromatic heterocycles. The Morgan fingerprint density at radius 3 is 2.40 bits per heavy atom. The van der Waals surface area contributed by atoms with Gasteiger partial charge in [-0.05, 0) is 18.6 Å². The fraction of sp³-hybridized carbons (Fsp3) is 0.250. The van der Waals surface area contributed by atoms with Gasteiger partial charge in [0.1, 0.15) is 0 Å². The Bertz CT molecular complexity index is 198. The molecule has 1 rings (SSSR count). The van der Waals surface area contributed by atoms with Crippen LogP contribution in [0.25, 0.3) is 0 Å². The Balaban J connectivity index is 0.000000236. The van der Waals surface area contributed by atoms with E-state index >= 15 is 0 Å². The molecule has 0 bridgehead atoms. The van der Waals surface area contributed by atoms with Crippen molar-refractivity contribution in [2.75, 3.05) is 0 Å². The van der Waals surface area contributed by atoms with E-state index in [1.807, 2.05) is 25.3 Å². The average molecular weight is 134 g/mol. The lowest BCUT2D eigenvalue weighted by Gasteiger charge is -1.82. The maximum atomic E-state index is 7.32. The summed E-state index contributed by atoms with van der Waals surface area (Å²) in [5.74, 6) is 0. The van der Waals surface area contributed by atoms with Crippen LogP contribution < -0.4 is 0 Å². The zero-order chi connectivity index (χ0) is 7.82. The minimum absolute atomic E-state index is 1.21. The molecule has 0 aliphatic carbocycles. The molecule has 0 unspecified atom stereocenters. The first kappa shape index (κ1) is 8.64. The summed E-state index contributed by atoms with van der Waals surface area (Å²) in [6.07, 6.45) is 3.60. The van der Waals surface area contributed by atoms with Crippen molar-refractivity contribution in [2.45, 2.75) is 13.8 Å². The molecule has 10 heavy (non-hydrogen) atoms. The van der Waals surface area contributed by atoms with Gasteiger partial charge >= 0.3 is 0 Å². The lowest BCUT2D eigenvalue weighted by Crippen LogP contribution is -1.69. The van der Waals surface area contributed by atoms with Crippen LogP contribution in [0.15, 0.2) is 24.5 Å². The first-order valence-corrected chi connectivity index (χ1v) is 2.98. The first-order valence-electron chi connectivity index (χ1n) is 2.98. The van der Waals surface area contributed by atoms with Crippen molar-refractivity contribution in [2.24, 2.45) is 0 Å². The number of aromatic nitrogens is 1. The first-order chi connectivity index (χ1) is 4.81. The third-order valence-electron chi connectivity index (χ3n) is 0.809. The standard InChI is InChI=1S/C6H7N.C2H3N/c1-6-3-2-4-7-5-6;1-2-3/h2-5H,1H3;1H3. The highest BCUT2D eigenvalue weighted by Crippen LogP contribution is 1.88. The lowest BCUT2D eigenvalue weighted by molar-refractivity contribution is 1.27. The Labute approximate surface area is 61.1 Å². The van der Waals surface area contributed by atoms with E-state index in [-0.39, 0.29) is 0 Å². The van der Waals surface area contributed by atoms with Crippen LogP contribution >= 0.6 is 0 Å². The second-order valence-corrected chi connectivity index (χ2v) is 1.75. The summed E-state index contributed by atoms with van der Waals surface area (Å²) >= 11 is 0. The van der Waals surface area contributed by atoms with Crippen molar-refractivity contribution in [3.63, 3.8) is 0 Å². The fourth-order valence-corrected chi connectivity index (χ4v) is 0.448. The normalized spacial score (nSPS) is 6.90. The second kappa shape index (κ2) is 5.77. The predicted molar refractivity (Wildman–Crippen MR) is 40.3 cm³/mol. The summed E-state index contributed by atoms with van der Waals surface area (Å²) in [6.45, 7) is 3.45. The zero-order valence-corrected chi connectivity index (χ0v) is 6.20. The predicted octanol–water partition coefficient (Wildman–Crippen LogP) is 1.92. The van der Waals surface area contributed by atoms with Crippen molar-refractivity contribution in [1.29, 1.82) is 5.26 Å². The molecule has 0 saturated carbocycles. The molecule has 2 heteroatoms. The maximum Gasteiger partial charge on any atom is 0.0587 e. The van der Waals surface area contributed by atoms with Crippen LogP contribution in [0.5, 0.6) is 0 Å². The number of rotatable bonds is 0. The molecule has 0 aliphatic rings. The van der Waals surface area contributed by atoms with Crippen LogP contribution in [-0.2, 0) is 0 Å². The summed E-state index contributed by atoms with van der Waals surface area (Å²) in [4.78, 5) is 3.88. The van der Waals surface area contributed by atoms with Gasteiger partial charge < -0.3 is 0 Å². The van der Waals surface area contributed by atoms with E-state index in [4.69, 9.17) is 5.26 Å². The summed E-state index contributed by atoms with van der Waals surface area (Å²) in [6, 6.07) is 5.70. The van der Waals surface area contributed by atoms with E-state index in [9.17, 15) is 0 Å². The van der Waals surface area contributed by atoms with Gasteiger partial charge in [0.2, 0.25) is 0 Å². The van der Waals surface area contributed by atoms with E-state index in [1.165, 1.54) is 12.5 Å². The molecule has 0 aliphatic heterocycles. The van der Waals surface area contributed by atoms with Crippen LogP contribution in [0.4, 0.5) is 0 Å². The highest BCUT2D eigenvalue weighted by Gasteiger charge is 1.73. The van der Waals surface area contributed by atoms with Crippen LogP contribution in [0, 0.1) is 18.3 Å². The highest BCUT2D eigenvalue weighted by molar-refractivity contribution is 5.04. The molecule has 0 N–H and O–H groups in total. The molecule has 0 fully saturated rings. The van der Waals surface area contributed by atoms with Gasteiger partial charge in [-0.3, -0.25) is 4.98 Å². The van der Waals surface area contributed by atoms with Gasteiger partial charge in [-0.15, -0.1) is 0 Å². The summed E-state index contributed by atoms with van der Waals surface area (Å²) < 4.78 is 0. The Hall–Kier alpha value is -1.36. The fourth-order valence-electron chi connectivity index (χ4n) is 0.448. The Morgan fingerprint density at radius 1 is 1.60 bits per heavy atom. The molecule has 0 saturated heterocycles. The van der Waals surface area contributed by atoms with Gasteiger partial charge in [0.05, 0.1) is 6.07 Å². The third kappa shape index (κ3) is 4.79. The van der Waals surface area contributed by atoms with Crippen molar-refractivity contribution in [3.05, 3.63) is 30.1 Å². The third-order valence-corrected chi connectivity index (χ3v) is 0.809. The van der Waals surface area contributed by atoms with Gasteiger partial charge in [-0.2, -0.15) is 5.26 Å². The number of hydrogen-bond acceptors (Lipinski definition) is 2. The van der Waals surface area contributed by atoms with Crippen molar-refractivity contribution >= 4 is 0 Å². The molecule has 0 radical (unpaired) electrons. The number of nitrogens with zero attached hydrogens (tertiary/aromatic N) is 2. The van der Waals surface area contributed by atoms with Crippen LogP contribution in [-0.4, -0.2) is 4.98 Å². The van der Waals surface area contributed by atoms with E-state index in [0.29, 0.717) is 0 Å². The van der Waals surface area contributed by atoms with E-state index < -0.39 is 0 Å². The minimum Gasteiger partial charge on any atom is -0.264 e. The molecule has 1 heterocycles. The molecule has 0 atom stereocenters. The van der Waals surface area contributed by atoms with Crippen molar-refractivity contribution in [3.8, 4) is 6.07 Å². The topological polar surface area (TPSA) is 36.7 Å². The van der Waals surface area contributed by atoms with Crippen LogP contribution in [0.1, 0.15) is 12.5 Å². The lowest BCUT2D eigenvalue weighted by atomic mass is 10.3. The van der Waals surface area contributed by atoms with E-state index in [2.05, 4.69) is 4.98 Å². The van der Waals surface area contributed by atoms with Gasteiger partial charge in [-0.25, -0.2) is 0 Å². The SMILES string of the molecule is CC#N.Cc1cccnc1. The number of pyridine rings is 1. The summed E-state index contributed by atoms with van der Waals surface area (Å²) in [7, 11) is 0. The molecule has 0 amide bonds. The van der Waals surface area contributed by atoms with Crippen LogP contribution in [0.2, 0.25) is 0 Å². The van der Waals surface area contributed by atoms with Crippen LogP contribution in [0.3, 0.4) is 0 Å². The monoisotopic (exact) mass is 134 g/mol. The molecular formula is C8H10N2.